The van der Waals surface area contributed by atoms with Crippen LogP contribution in [0.4, 0.5) is 0 Å². The summed E-state index contributed by atoms with van der Waals surface area (Å²) in [4.78, 5) is 19.4. The van der Waals surface area contributed by atoms with Gasteiger partial charge in [0.2, 0.25) is 5.91 Å². The van der Waals surface area contributed by atoms with Gasteiger partial charge in [-0.25, -0.2) is 4.98 Å². The second-order valence-corrected chi connectivity index (χ2v) is 7.40. The number of hydrogen-bond donors (Lipinski definition) is 2. The Labute approximate surface area is 167 Å². The summed E-state index contributed by atoms with van der Waals surface area (Å²) in [6, 6.07) is 6.40. The van der Waals surface area contributed by atoms with Crippen LogP contribution in [0.1, 0.15) is 51.0 Å². The van der Waals surface area contributed by atoms with E-state index in [1.54, 1.807) is 0 Å². The molecule has 0 unspecified atom stereocenters. The lowest BCUT2D eigenvalue weighted by atomic mass is 9.94. The smallest absolute Gasteiger partial charge is 0.224 e. The minimum atomic E-state index is 0.239. The molecule has 3 rings (SSSR count). The molecule has 2 aromatic rings. The van der Waals surface area contributed by atoms with Gasteiger partial charge in [-0.05, 0) is 37.5 Å². The van der Waals surface area contributed by atoms with E-state index in [-0.39, 0.29) is 5.91 Å². The Morgan fingerprint density at radius 2 is 2.14 bits per heavy atom. The summed E-state index contributed by atoms with van der Waals surface area (Å²) in [6.07, 6.45) is 11.5. The van der Waals surface area contributed by atoms with Gasteiger partial charge >= 0.3 is 0 Å². The Morgan fingerprint density at radius 3 is 2.82 bits per heavy atom. The zero-order chi connectivity index (χ0) is 19.9. The summed E-state index contributed by atoms with van der Waals surface area (Å²) in [5.74, 6) is 0.239. The molecule has 1 heterocycles. The van der Waals surface area contributed by atoms with Crippen molar-refractivity contribution in [1.29, 1.82) is 5.41 Å². The van der Waals surface area contributed by atoms with Crippen LogP contribution in [0.15, 0.2) is 30.7 Å². The molecule has 1 amide bonds. The molecule has 1 aliphatic rings. The third-order valence-corrected chi connectivity index (χ3v) is 5.65. The van der Waals surface area contributed by atoms with Crippen LogP contribution in [-0.4, -0.2) is 46.2 Å². The number of carbonyl (C=O) groups excluding carboxylic acids is 1. The monoisotopic (exact) mass is 381 g/mol. The van der Waals surface area contributed by atoms with E-state index >= 15 is 0 Å². The van der Waals surface area contributed by atoms with Gasteiger partial charge in [-0.2, -0.15) is 0 Å². The van der Waals surface area contributed by atoms with E-state index in [9.17, 15) is 4.79 Å². The Kier molecular flexibility index (Phi) is 6.85. The van der Waals surface area contributed by atoms with Crippen LogP contribution >= 0.6 is 0 Å². The molecule has 1 saturated carbocycles. The fourth-order valence-corrected chi connectivity index (χ4v) is 4.17. The molecule has 0 radical (unpaired) electrons. The first-order valence-corrected chi connectivity index (χ1v) is 10.3. The average molecular weight is 382 g/mol. The molecule has 1 aromatic heterocycles. The first kappa shape index (κ1) is 20.1. The first-order valence-electron chi connectivity index (χ1n) is 10.3. The number of nitrogens with one attached hydrogen (secondary N) is 2. The summed E-state index contributed by atoms with van der Waals surface area (Å²) in [5.41, 5.74) is 3.67. The molecule has 6 nitrogen and oxygen atoms in total. The van der Waals surface area contributed by atoms with Crippen LogP contribution < -0.4 is 5.32 Å². The molecule has 0 spiro atoms. The Morgan fingerprint density at radius 1 is 1.36 bits per heavy atom. The number of imidazole rings is 1. The van der Waals surface area contributed by atoms with Crippen LogP contribution in [0.25, 0.3) is 16.6 Å². The van der Waals surface area contributed by atoms with Crippen molar-refractivity contribution in [2.45, 2.75) is 58.0 Å². The van der Waals surface area contributed by atoms with Crippen molar-refractivity contribution in [3.63, 3.8) is 0 Å². The Balaban J connectivity index is 1.73. The molecule has 0 atom stereocenters. The maximum atomic E-state index is 12.9. The second kappa shape index (κ2) is 9.53. The molecule has 150 valence electrons. The fraction of sp³-hybridized carbons (Fsp3) is 0.500. The van der Waals surface area contributed by atoms with Gasteiger partial charge in [0.25, 0.3) is 0 Å². The number of rotatable bonds is 8. The average Bonchev–Trinajstić information content (AvgIpc) is 3.14. The van der Waals surface area contributed by atoms with Gasteiger partial charge in [0, 0.05) is 50.6 Å². The maximum absolute atomic E-state index is 12.9. The van der Waals surface area contributed by atoms with Gasteiger partial charge in [0.15, 0.2) is 0 Å². The lowest BCUT2D eigenvalue weighted by Crippen LogP contribution is -2.41. The van der Waals surface area contributed by atoms with Gasteiger partial charge in [0.05, 0.1) is 17.4 Å². The molecule has 1 aliphatic carbocycles. The third kappa shape index (κ3) is 4.43. The Hall–Kier alpha value is -2.63. The van der Waals surface area contributed by atoms with Crippen molar-refractivity contribution in [2.24, 2.45) is 0 Å². The number of amides is 1. The number of allylic oxidation sites excluding steroid dienone is 1. The highest BCUT2D eigenvalue weighted by Gasteiger charge is 2.23. The largest absolute Gasteiger partial charge is 0.393 e. The van der Waals surface area contributed by atoms with Gasteiger partial charge in [-0.1, -0.05) is 25.3 Å². The summed E-state index contributed by atoms with van der Waals surface area (Å²) in [6.45, 7) is 3.49. The lowest BCUT2D eigenvalue weighted by Gasteiger charge is -2.33. The Bertz CT molecular complexity index is 848. The summed E-state index contributed by atoms with van der Waals surface area (Å²) in [5, 5.41) is 10.6. The van der Waals surface area contributed by atoms with Crippen molar-refractivity contribution in [3.8, 4) is 0 Å². The minimum Gasteiger partial charge on any atom is -0.393 e. The summed E-state index contributed by atoms with van der Waals surface area (Å²) >= 11 is 0. The number of aromatic nitrogens is 2. The highest BCUT2D eigenvalue weighted by Crippen LogP contribution is 2.24. The predicted octanol–water partition coefficient (Wildman–Crippen LogP) is 3.82. The molecule has 0 saturated heterocycles. The van der Waals surface area contributed by atoms with Gasteiger partial charge in [-0.15, -0.1) is 0 Å². The molecule has 28 heavy (non-hydrogen) atoms. The van der Waals surface area contributed by atoms with Gasteiger partial charge in [0.1, 0.15) is 0 Å². The zero-order valence-electron chi connectivity index (χ0n) is 16.9. The van der Waals surface area contributed by atoms with Crippen molar-refractivity contribution in [2.75, 3.05) is 13.6 Å². The zero-order valence-corrected chi connectivity index (χ0v) is 16.9. The fourth-order valence-electron chi connectivity index (χ4n) is 4.17. The van der Waals surface area contributed by atoms with Crippen LogP contribution in [0.3, 0.4) is 0 Å². The molecule has 6 heteroatoms. The van der Waals surface area contributed by atoms with E-state index in [1.807, 2.05) is 42.3 Å². The number of carbonyl (C=O) groups is 1. The molecular formula is C22H31N5O. The summed E-state index contributed by atoms with van der Waals surface area (Å²) < 4.78 is 2.05. The van der Waals surface area contributed by atoms with Crippen molar-refractivity contribution < 1.29 is 4.79 Å². The normalized spacial score (nSPS) is 15.6. The lowest BCUT2D eigenvalue weighted by molar-refractivity contribution is -0.134. The third-order valence-electron chi connectivity index (χ3n) is 5.65. The SMILES string of the molecule is CCN(C(=O)CCn1cnc2ccc(/C(C=N)=C/NC)cc21)C1CCCCC1. The van der Waals surface area contributed by atoms with Gasteiger partial charge < -0.3 is 20.2 Å². The van der Waals surface area contributed by atoms with E-state index in [1.165, 1.54) is 25.5 Å². The molecule has 1 fully saturated rings. The minimum absolute atomic E-state index is 0.239. The van der Waals surface area contributed by atoms with Crippen LogP contribution in [0.5, 0.6) is 0 Å². The topological polar surface area (TPSA) is 74.0 Å². The van der Waals surface area contributed by atoms with E-state index in [2.05, 4.69) is 22.1 Å². The van der Waals surface area contributed by atoms with E-state index < -0.39 is 0 Å². The van der Waals surface area contributed by atoms with E-state index in [0.717, 1.165) is 41.6 Å². The van der Waals surface area contributed by atoms with Crippen molar-refractivity contribution in [3.05, 3.63) is 36.3 Å². The number of hydrogen-bond acceptors (Lipinski definition) is 4. The van der Waals surface area contributed by atoms with Crippen LogP contribution in [0, 0.1) is 5.41 Å². The molecule has 2 N–H and O–H groups in total. The van der Waals surface area contributed by atoms with E-state index in [4.69, 9.17) is 5.41 Å². The molecular weight excluding hydrogens is 350 g/mol. The van der Waals surface area contributed by atoms with Crippen LogP contribution in [0.2, 0.25) is 0 Å². The number of benzene rings is 1. The predicted molar refractivity (Wildman–Crippen MR) is 114 cm³/mol. The van der Waals surface area contributed by atoms with Crippen LogP contribution in [-0.2, 0) is 11.3 Å². The quantitative estimate of drug-likeness (QED) is 0.683. The number of aryl methyl sites for hydroxylation is 1. The van der Waals surface area contributed by atoms with Crippen molar-refractivity contribution in [1.82, 2.24) is 19.8 Å². The van der Waals surface area contributed by atoms with E-state index in [0.29, 0.717) is 19.0 Å². The molecule has 1 aromatic carbocycles. The highest BCUT2D eigenvalue weighted by molar-refractivity contribution is 6.09. The van der Waals surface area contributed by atoms with Gasteiger partial charge in [-0.3, -0.25) is 4.79 Å². The summed E-state index contributed by atoms with van der Waals surface area (Å²) in [7, 11) is 1.82. The second-order valence-electron chi connectivity index (χ2n) is 7.40. The standard InChI is InChI=1S/C22H31N5O/c1-3-27(19-7-5-4-6-8-19)22(28)11-12-26-16-25-20-10-9-17(13-21(20)26)18(14-23)15-24-2/h9-10,13-16,19,23-24H,3-8,11-12H2,1-2H3/b18-15+,23-14?. The van der Waals surface area contributed by atoms with Crippen molar-refractivity contribution >= 4 is 28.7 Å². The first-order chi connectivity index (χ1) is 13.7. The molecule has 0 bridgehead atoms. The maximum Gasteiger partial charge on any atom is 0.224 e. The molecule has 0 aliphatic heterocycles. The number of fused-ring (bicyclic) bond motifs is 1. The number of nitrogens with zero attached hydrogens (tertiary/aromatic N) is 3. The highest BCUT2D eigenvalue weighted by atomic mass is 16.2.